The number of benzene rings is 1. The smallest absolute Gasteiger partial charge is 0.221 e. The molecular weight excluding hydrogens is 328 g/mol. The number of ketones is 1. The lowest BCUT2D eigenvalue weighted by Gasteiger charge is -2.25. The van der Waals surface area contributed by atoms with Crippen LogP contribution in [0.1, 0.15) is 12.5 Å². The van der Waals surface area contributed by atoms with Crippen LogP contribution in [0.15, 0.2) is 24.3 Å². The number of Topliss-reactive ketones (excluding diaryl/α,β-unsaturated/α-hetero) is 1. The van der Waals surface area contributed by atoms with Crippen molar-refractivity contribution < 1.29 is 14.3 Å². The SMILES string of the molecule is O=C1C[C@@H](n2nnn(-c3ccccc3Cl)c2=S)[C@@H]2CO[C@H]1O2. The van der Waals surface area contributed by atoms with Crippen LogP contribution in [0.2, 0.25) is 5.02 Å². The minimum atomic E-state index is -0.742. The number of rotatable bonds is 2. The quantitative estimate of drug-likeness (QED) is 0.776. The molecule has 9 heteroatoms. The first-order chi connectivity index (χ1) is 10.6. The molecule has 2 saturated heterocycles. The standard InChI is InChI=1S/C13H11ClN4O3S/c14-7-3-1-2-4-8(7)17-13(22)18(16-15-17)9-5-10(19)12-20-6-11(9)21-12/h1-4,9,11-12H,5-6H2/t9-,11+,12+/m1/s1. The Labute approximate surface area is 135 Å². The van der Waals surface area contributed by atoms with Gasteiger partial charge in [0.2, 0.25) is 11.1 Å². The highest BCUT2D eigenvalue weighted by molar-refractivity contribution is 7.71. The molecule has 0 saturated carbocycles. The number of ether oxygens (including phenoxy) is 2. The van der Waals surface area contributed by atoms with Gasteiger partial charge < -0.3 is 9.47 Å². The van der Waals surface area contributed by atoms with Crippen molar-refractivity contribution in [1.82, 2.24) is 19.8 Å². The van der Waals surface area contributed by atoms with Gasteiger partial charge in [-0.1, -0.05) is 23.7 Å². The van der Waals surface area contributed by atoms with Crippen LogP contribution in [-0.2, 0) is 14.3 Å². The van der Waals surface area contributed by atoms with E-state index in [0.717, 1.165) is 0 Å². The first kappa shape index (κ1) is 14.0. The Balaban J connectivity index is 1.75. The highest BCUT2D eigenvalue weighted by Crippen LogP contribution is 2.32. The number of carbonyl (C=O) groups is 1. The molecule has 2 bridgehead atoms. The van der Waals surface area contributed by atoms with E-state index in [1.165, 1.54) is 9.36 Å². The molecule has 1 aromatic heterocycles. The van der Waals surface area contributed by atoms with Crippen molar-refractivity contribution in [3.63, 3.8) is 0 Å². The molecule has 0 radical (unpaired) electrons. The maximum atomic E-state index is 11.9. The van der Waals surface area contributed by atoms with Crippen LogP contribution in [0.4, 0.5) is 0 Å². The maximum Gasteiger partial charge on any atom is 0.221 e. The molecule has 1 aromatic carbocycles. The van der Waals surface area contributed by atoms with E-state index in [0.29, 0.717) is 22.1 Å². The number of nitrogens with zero attached hydrogens (tertiary/aromatic N) is 4. The third-order valence-corrected chi connectivity index (χ3v) is 4.49. The Morgan fingerprint density at radius 1 is 1.32 bits per heavy atom. The van der Waals surface area contributed by atoms with E-state index in [9.17, 15) is 4.79 Å². The van der Waals surface area contributed by atoms with Crippen LogP contribution >= 0.6 is 23.8 Å². The summed E-state index contributed by atoms with van der Waals surface area (Å²) in [6, 6.07) is 6.90. The molecule has 2 fully saturated rings. The second kappa shape index (κ2) is 5.24. The molecule has 0 amide bonds. The zero-order valence-corrected chi connectivity index (χ0v) is 12.8. The Morgan fingerprint density at radius 3 is 2.95 bits per heavy atom. The fourth-order valence-electron chi connectivity index (χ4n) is 2.71. The summed E-state index contributed by atoms with van der Waals surface area (Å²) < 4.78 is 14.2. The van der Waals surface area contributed by atoms with Gasteiger partial charge in [0.15, 0.2) is 5.78 Å². The highest BCUT2D eigenvalue weighted by atomic mass is 35.5. The van der Waals surface area contributed by atoms with Crippen LogP contribution in [0.5, 0.6) is 0 Å². The van der Waals surface area contributed by atoms with Gasteiger partial charge in [-0.15, -0.1) is 0 Å². The van der Waals surface area contributed by atoms with E-state index in [-0.39, 0.29) is 24.3 Å². The fraction of sp³-hybridized carbons (Fsp3) is 0.385. The lowest BCUT2D eigenvalue weighted by molar-refractivity contribution is -0.156. The molecular formula is C13H11ClN4O3S. The highest BCUT2D eigenvalue weighted by Gasteiger charge is 2.45. The molecule has 22 heavy (non-hydrogen) atoms. The van der Waals surface area contributed by atoms with Crippen molar-refractivity contribution in [2.75, 3.05) is 6.61 Å². The molecule has 0 aliphatic carbocycles. The molecule has 114 valence electrons. The van der Waals surface area contributed by atoms with Crippen LogP contribution in [0.25, 0.3) is 5.69 Å². The summed E-state index contributed by atoms with van der Waals surface area (Å²) in [6.45, 7) is 0.349. The normalized spacial score (nSPS) is 27.3. The second-order valence-electron chi connectivity index (χ2n) is 5.15. The Hall–Kier alpha value is -1.61. The molecule has 7 nitrogen and oxygen atoms in total. The van der Waals surface area contributed by atoms with Gasteiger partial charge in [0, 0.05) is 6.42 Å². The molecule has 4 rings (SSSR count). The van der Waals surface area contributed by atoms with E-state index in [2.05, 4.69) is 10.4 Å². The van der Waals surface area contributed by atoms with Gasteiger partial charge in [0.1, 0.15) is 6.10 Å². The molecule has 3 heterocycles. The first-order valence-corrected chi connectivity index (χ1v) is 7.53. The predicted molar refractivity (Wildman–Crippen MR) is 78.5 cm³/mol. The third-order valence-electron chi connectivity index (χ3n) is 3.81. The summed E-state index contributed by atoms with van der Waals surface area (Å²) in [4.78, 5) is 11.9. The van der Waals surface area contributed by atoms with Crippen LogP contribution in [0.3, 0.4) is 0 Å². The van der Waals surface area contributed by atoms with E-state index in [1.54, 1.807) is 12.1 Å². The summed E-state index contributed by atoms with van der Waals surface area (Å²) >= 11 is 11.6. The number of tetrazole rings is 1. The van der Waals surface area contributed by atoms with Crippen molar-refractivity contribution in [3.05, 3.63) is 34.1 Å². The third kappa shape index (κ3) is 2.11. The van der Waals surface area contributed by atoms with Gasteiger partial charge in [-0.25, -0.2) is 4.68 Å². The zero-order valence-electron chi connectivity index (χ0n) is 11.3. The van der Waals surface area contributed by atoms with Crippen molar-refractivity contribution in [3.8, 4) is 5.69 Å². The lowest BCUT2D eigenvalue weighted by Crippen LogP contribution is -2.37. The molecule has 0 unspecified atom stereocenters. The van der Waals surface area contributed by atoms with Crippen LogP contribution < -0.4 is 0 Å². The molecule has 2 aromatic rings. The number of aromatic nitrogens is 4. The second-order valence-corrected chi connectivity index (χ2v) is 5.92. The molecule has 2 aliphatic rings. The number of para-hydroxylation sites is 1. The number of fused-ring (bicyclic) bond motifs is 2. The van der Waals surface area contributed by atoms with Gasteiger partial charge in [-0.05, 0) is 34.8 Å². The largest absolute Gasteiger partial charge is 0.343 e. The number of carbonyl (C=O) groups excluding carboxylic acids is 1. The summed E-state index contributed by atoms with van der Waals surface area (Å²) in [5, 5.41) is 8.67. The van der Waals surface area contributed by atoms with E-state index >= 15 is 0 Å². The van der Waals surface area contributed by atoms with Gasteiger partial charge in [-0.2, -0.15) is 4.68 Å². The topological polar surface area (TPSA) is 71.2 Å². The molecule has 2 aliphatic heterocycles. The Bertz CT molecular complexity index is 805. The average Bonchev–Trinajstić information content (AvgIpc) is 3.10. The van der Waals surface area contributed by atoms with Gasteiger partial charge in [0.05, 0.1) is 23.4 Å². The van der Waals surface area contributed by atoms with Crippen molar-refractivity contribution in [2.24, 2.45) is 0 Å². The summed E-state index contributed by atoms with van der Waals surface area (Å²) in [5.74, 6) is -0.104. The Morgan fingerprint density at radius 2 is 2.14 bits per heavy atom. The van der Waals surface area contributed by atoms with E-state index < -0.39 is 6.29 Å². The van der Waals surface area contributed by atoms with E-state index in [4.69, 9.17) is 33.3 Å². The number of halogens is 1. The van der Waals surface area contributed by atoms with E-state index in [1.807, 2.05) is 12.1 Å². The average molecular weight is 339 g/mol. The van der Waals surface area contributed by atoms with Gasteiger partial charge >= 0.3 is 0 Å². The van der Waals surface area contributed by atoms with Crippen LogP contribution in [-0.4, -0.2) is 44.6 Å². The van der Waals surface area contributed by atoms with Crippen molar-refractivity contribution in [1.29, 1.82) is 0 Å². The molecule has 3 atom stereocenters. The first-order valence-electron chi connectivity index (χ1n) is 6.74. The minimum absolute atomic E-state index is 0.104. The number of hydrogen-bond acceptors (Lipinski definition) is 6. The van der Waals surface area contributed by atoms with Crippen molar-refractivity contribution in [2.45, 2.75) is 24.9 Å². The van der Waals surface area contributed by atoms with Crippen LogP contribution in [0, 0.1) is 4.77 Å². The predicted octanol–water partition coefficient (Wildman–Crippen LogP) is 1.71. The number of hydrogen-bond donors (Lipinski definition) is 0. The molecule has 0 N–H and O–H groups in total. The monoisotopic (exact) mass is 338 g/mol. The molecule has 0 spiro atoms. The minimum Gasteiger partial charge on any atom is -0.343 e. The van der Waals surface area contributed by atoms with Crippen molar-refractivity contribution >= 4 is 29.6 Å². The maximum absolute atomic E-state index is 11.9. The summed E-state index contributed by atoms with van der Waals surface area (Å²) in [7, 11) is 0. The Kier molecular flexibility index (Phi) is 3.33. The summed E-state index contributed by atoms with van der Waals surface area (Å²) in [6.07, 6.45) is -0.718. The van der Waals surface area contributed by atoms with Gasteiger partial charge in [0.25, 0.3) is 0 Å². The zero-order chi connectivity index (χ0) is 15.3. The fourth-order valence-corrected chi connectivity index (χ4v) is 3.23. The summed E-state index contributed by atoms with van der Waals surface area (Å²) in [5.41, 5.74) is 0.643. The lowest BCUT2D eigenvalue weighted by atomic mass is 10.0. The van der Waals surface area contributed by atoms with Gasteiger partial charge in [-0.3, -0.25) is 4.79 Å².